The SMILES string of the molecule is Cn1ccnc1CC(O)c1cc(Cl)c2c(c1)OCO2. The first-order valence-corrected chi connectivity index (χ1v) is 6.26. The van der Waals surface area contributed by atoms with Crippen LogP contribution in [0.4, 0.5) is 0 Å². The Labute approximate surface area is 115 Å². The summed E-state index contributed by atoms with van der Waals surface area (Å²) in [5, 5.41) is 10.7. The van der Waals surface area contributed by atoms with Gasteiger partial charge in [-0.05, 0) is 17.7 Å². The number of benzene rings is 1. The van der Waals surface area contributed by atoms with E-state index in [2.05, 4.69) is 4.98 Å². The van der Waals surface area contributed by atoms with Crippen LogP contribution in [0.3, 0.4) is 0 Å². The molecule has 1 aliphatic rings. The van der Waals surface area contributed by atoms with Crippen molar-refractivity contribution in [3.05, 3.63) is 40.9 Å². The summed E-state index contributed by atoms with van der Waals surface area (Å²) in [7, 11) is 1.89. The van der Waals surface area contributed by atoms with Crippen molar-refractivity contribution < 1.29 is 14.6 Å². The number of aliphatic hydroxyl groups is 1. The van der Waals surface area contributed by atoms with E-state index in [1.54, 1.807) is 18.3 Å². The number of fused-ring (bicyclic) bond motifs is 1. The first-order valence-electron chi connectivity index (χ1n) is 5.88. The van der Waals surface area contributed by atoms with Crippen molar-refractivity contribution in [1.29, 1.82) is 0 Å². The fraction of sp³-hybridized carbons (Fsp3) is 0.308. The molecule has 5 nitrogen and oxygen atoms in total. The van der Waals surface area contributed by atoms with E-state index >= 15 is 0 Å². The van der Waals surface area contributed by atoms with Crippen LogP contribution in [0.25, 0.3) is 0 Å². The molecule has 1 unspecified atom stereocenters. The lowest BCUT2D eigenvalue weighted by molar-refractivity contribution is 0.170. The Morgan fingerprint density at radius 3 is 3.05 bits per heavy atom. The number of hydrogen-bond donors (Lipinski definition) is 1. The van der Waals surface area contributed by atoms with Gasteiger partial charge in [0, 0.05) is 25.9 Å². The highest BCUT2D eigenvalue weighted by atomic mass is 35.5. The maximum absolute atomic E-state index is 10.3. The van der Waals surface area contributed by atoms with Gasteiger partial charge in [-0.15, -0.1) is 0 Å². The Bertz CT molecular complexity index is 612. The molecular formula is C13H13ClN2O3. The Hall–Kier alpha value is -1.72. The zero-order valence-electron chi connectivity index (χ0n) is 10.3. The number of halogens is 1. The second kappa shape index (κ2) is 4.75. The third-order valence-electron chi connectivity index (χ3n) is 3.13. The van der Waals surface area contributed by atoms with Crippen molar-refractivity contribution >= 4 is 11.6 Å². The fourth-order valence-electron chi connectivity index (χ4n) is 2.06. The van der Waals surface area contributed by atoms with Crippen LogP contribution in [-0.4, -0.2) is 21.5 Å². The molecule has 100 valence electrons. The van der Waals surface area contributed by atoms with Crippen molar-refractivity contribution in [2.75, 3.05) is 6.79 Å². The van der Waals surface area contributed by atoms with Crippen LogP contribution >= 0.6 is 11.6 Å². The molecule has 2 heterocycles. The highest BCUT2D eigenvalue weighted by molar-refractivity contribution is 6.32. The van der Waals surface area contributed by atoms with Crippen LogP contribution in [0.5, 0.6) is 11.5 Å². The molecular weight excluding hydrogens is 268 g/mol. The van der Waals surface area contributed by atoms with Crippen LogP contribution < -0.4 is 9.47 Å². The summed E-state index contributed by atoms with van der Waals surface area (Å²) in [6.45, 7) is 0.161. The van der Waals surface area contributed by atoms with Gasteiger partial charge in [-0.1, -0.05) is 11.6 Å². The van der Waals surface area contributed by atoms with Crippen LogP contribution in [0, 0.1) is 0 Å². The van der Waals surface area contributed by atoms with E-state index in [4.69, 9.17) is 21.1 Å². The minimum Gasteiger partial charge on any atom is -0.454 e. The minimum absolute atomic E-state index is 0.161. The lowest BCUT2D eigenvalue weighted by atomic mass is 10.1. The summed E-state index contributed by atoms with van der Waals surface area (Å²) in [5.41, 5.74) is 0.692. The number of aryl methyl sites for hydroxylation is 1. The van der Waals surface area contributed by atoms with E-state index in [-0.39, 0.29) is 6.79 Å². The van der Waals surface area contributed by atoms with Crippen molar-refractivity contribution in [3.63, 3.8) is 0 Å². The van der Waals surface area contributed by atoms with E-state index < -0.39 is 6.10 Å². The smallest absolute Gasteiger partial charge is 0.231 e. The van der Waals surface area contributed by atoms with Gasteiger partial charge in [0.1, 0.15) is 5.82 Å². The van der Waals surface area contributed by atoms with Gasteiger partial charge in [0.25, 0.3) is 0 Å². The third kappa shape index (κ3) is 2.27. The number of rotatable bonds is 3. The Kier molecular flexibility index (Phi) is 3.08. The molecule has 6 heteroatoms. The molecule has 3 rings (SSSR count). The molecule has 0 saturated heterocycles. The zero-order chi connectivity index (χ0) is 13.4. The standard InChI is InChI=1S/C13H13ClN2O3/c1-16-3-2-15-12(16)6-10(17)8-4-9(14)13-11(5-8)18-7-19-13/h2-5,10,17H,6-7H2,1H3. The average Bonchev–Trinajstić information content (AvgIpc) is 2.99. The third-order valence-corrected chi connectivity index (χ3v) is 3.41. The molecule has 1 aromatic carbocycles. The molecule has 1 aliphatic heterocycles. The number of nitrogens with zero attached hydrogens (tertiary/aromatic N) is 2. The largest absolute Gasteiger partial charge is 0.454 e. The van der Waals surface area contributed by atoms with Crippen molar-refractivity contribution in [1.82, 2.24) is 9.55 Å². The number of imidazole rings is 1. The summed E-state index contributed by atoms with van der Waals surface area (Å²) in [6, 6.07) is 3.45. The van der Waals surface area contributed by atoms with Gasteiger partial charge in [-0.3, -0.25) is 0 Å². The minimum atomic E-state index is -0.687. The van der Waals surface area contributed by atoms with E-state index in [1.165, 1.54) is 0 Å². The highest BCUT2D eigenvalue weighted by Crippen LogP contribution is 2.41. The lowest BCUT2D eigenvalue weighted by Gasteiger charge is -2.12. The van der Waals surface area contributed by atoms with Gasteiger partial charge in [-0.2, -0.15) is 0 Å². The number of aromatic nitrogens is 2. The molecule has 2 aromatic rings. The van der Waals surface area contributed by atoms with E-state index in [0.717, 1.165) is 5.82 Å². The number of ether oxygens (including phenoxy) is 2. The second-order valence-electron chi connectivity index (χ2n) is 4.41. The molecule has 0 aliphatic carbocycles. The molecule has 0 spiro atoms. The summed E-state index contributed by atoms with van der Waals surface area (Å²) >= 11 is 6.10. The first kappa shape index (κ1) is 12.3. The van der Waals surface area contributed by atoms with E-state index in [9.17, 15) is 5.11 Å². The number of aliphatic hydroxyl groups excluding tert-OH is 1. The maximum Gasteiger partial charge on any atom is 0.231 e. The molecule has 1 aromatic heterocycles. The summed E-state index contributed by atoms with van der Waals surface area (Å²) < 4.78 is 12.4. The molecule has 0 radical (unpaired) electrons. The highest BCUT2D eigenvalue weighted by Gasteiger charge is 2.21. The van der Waals surface area contributed by atoms with Crippen molar-refractivity contribution in [2.24, 2.45) is 7.05 Å². The van der Waals surface area contributed by atoms with Gasteiger partial charge in [0.15, 0.2) is 11.5 Å². The van der Waals surface area contributed by atoms with Crippen molar-refractivity contribution in [2.45, 2.75) is 12.5 Å². The number of hydrogen-bond acceptors (Lipinski definition) is 4. The lowest BCUT2D eigenvalue weighted by Crippen LogP contribution is -2.06. The Balaban J connectivity index is 1.86. The Morgan fingerprint density at radius 1 is 1.47 bits per heavy atom. The van der Waals surface area contributed by atoms with Crippen LogP contribution in [-0.2, 0) is 13.5 Å². The molecule has 19 heavy (non-hydrogen) atoms. The predicted octanol–water partition coefficient (Wildman–Crippen LogP) is 2.08. The maximum atomic E-state index is 10.3. The van der Waals surface area contributed by atoms with E-state index in [1.807, 2.05) is 17.8 Å². The van der Waals surface area contributed by atoms with Crippen LogP contribution in [0.1, 0.15) is 17.5 Å². The van der Waals surface area contributed by atoms with Crippen molar-refractivity contribution in [3.8, 4) is 11.5 Å². The molecule has 1 atom stereocenters. The monoisotopic (exact) mass is 280 g/mol. The van der Waals surface area contributed by atoms with Crippen LogP contribution in [0.2, 0.25) is 5.02 Å². The molecule has 1 N–H and O–H groups in total. The molecule has 0 saturated carbocycles. The average molecular weight is 281 g/mol. The molecule has 0 bridgehead atoms. The topological polar surface area (TPSA) is 56.5 Å². The van der Waals surface area contributed by atoms with Gasteiger partial charge in [0.2, 0.25) is 6.79 Å². The van der Waals surface area contributed by atoms with E-state index in [0.29, 0.717) is 28.5 Å². The normalized spacial score (nSPS) is 14.7. The fourth-order valence-corrected chi connectivity index (χ4v) is 2.34. The predicted molar refractivity (Wildman–Crippen MR) is 69.4 cm³/mol. The molecule has 0 fully saturated rings. The van der Waals surface area contributed by atoms with Gasteiger partial charge >= 0.3 is 0 Å². The Morgan fingerprint density at radius 2 is 2.32 bits per heavy atom. The summed E-state index contributed by atoms with van der Waals surface area (Å²) in [4.78, 5) is 4.19. The van der Waals surface area contributed by atoms with Gasteiger partial charge in [0.05, 0.1) is 11.1 Å². The van der Waals surface area contributed by atoms with Crippen LogP contribution in [0.15, 0.2) is 24.5 Å². The quantitative estimate of drug-likeness (QED) is 0.935. The molecule has 0 amide bonds. The summed E-state index contributed by atoms with van der Waals surface area (Å²) in [6.07, 6.45) is 3.27. The first-order chi connectivity index (χ1) is 9.15. The summed E-state index contributed by atoms with van der Waals surface area (Å²) in [5.74, 6) is 1.91. The van der Waals surface area contributed by atoms with Gasteiger partial charge < -0.3 is 19.1 Å². The second-order valence-corrected chi connectivity index (χ2v) is 4.82. The van der Waals surface area contributed by atoms with Gasteiger partial charge in [-0.25, -0.2) is 4.98 Å². The zero-order valence-corrected chi connectivity index (χ0v) is 11.1.